The van der Waals surface area contributed by atoms with Crippen LogP contribution >= 0.6 is 0 Å². The molecule has 1 aliphatic heterocycles. The number of sulfonamides is 1. The summed E-state index contributed by atoms with van der Waals surface area (Å²) in [7, 11) is -2.04. The Balaban J connectivity index is 2.14. The third-order valence-electron chi connectivity index (χ3n) is 3.51. The van der Waals surface area contributed by atoms with E-state index in [1.165, 1.54) is 21.4 Å². The number of carbonyl (C=O) groups is 1. The summed E-state index contributed by atoms with van der Waals surface area (Å²) in [6.45, 7) is 0.292. The SMILES string of the molecule is Cn1cc(S(=O)(=O)N2CCCC(=O)c3ccccc32)cn1. The molecule has 0 N–H and O–H groups in total. The van der Waals surface area contributed by atoms with E-state index >= 15 is 0 Å². The third kappa shape index (κ3) is 2.33. The van der Waals surface area contributed by atoms with Crippen LogP contribution < -0.4 is 4.31 Å². The summed E-state index contributed by atoms with van der Waals surface area (Å²) in [4.78, 5) is 12.2. The van der Waals surface area contributed by atoms with Gasteiger partial charge in [0.05, 0.1) is 11.9 Å². The number of ketones is 1. The minimum atomic E-state index is -3.70. The van der Waals surface area contributed by atoms with Crippen LogP contribution in [0.15, 0.2) is 41.6 Å². The predicted molar refractivity (Wildman–Crippen MR) is 77.7 cm³/mol. The largest absolute Gasteiger partial charge is 0.294 e. The molecule has 6 nitrogen and oxygen atoms in total. The van der Waals surface area contributed by atoms with Crippen LogP contribution in [0.3, 0.4) is 0 Å². The second-order valence-corrected chi connectivity index (χ2v) is 6.83. The van der Waals surface area contributed by atoms with Gasteiger partial charge in [-0.3, -0.25) is 13.8 Å². The molecule has 2 aromatic rings. The number of hydrogen-bond donors (Lipinski definition) is 0. The van der Waals surface area contributed by atoms with E-state index < -0.39 is 10.0 Å². The van der Waals surface area contributed by atoms with Gasteiger partial charge in [-0.25, -0.2) is 8.42 Å². The lowest BCUT2D eigenvalue weighted by Gasteiger charge is -2.23. The molecule has 0 bridgehead atoms. The Bertz CT molecular complexity index is 795. The van der Waals surface area contributed by atoms with Gasteiger partial charge in [-0.2, -0.15) is 5.10 Å². The van der Waals surface area contributed by atoms with Gasteiger partial charge in [0.15, 0.2) is 5.78 Å². The van der Waals surface area contributed by atoms with E-state index in [4.69, 9.17) is 0 Å². The highest BCUT2D eigenvalue weighted by Crippen LogP contribution is 2.30. The molecule has 0 radical (unpaired) electrons. The number of benzene rings is 1. The maximum Gasteiger partial charge on any atom is 0.267 e. The van der Waals surface area contributed by atoms with Gasteiger partial charge in [0, 0.05) is 31.8 Å². The molecule has 0 saturated carbocycles. The number of hydrogen-bond acceptors (Lipinski definition) is 4. The number of rotatable bonds is 2. The van der Waals surface area contributed by atoms with Gasteiger partial charge in [-0.05, 0) is 18.6 Å². The van der Waals surface area contributed by atoms with E-state index in [0.717, 1.165) is 0 Å². The highest BCUT2D eigenvalue weighted by molar-refractivity contribution is 7.92. The molecule has 110 valence electrons. The van der Waals surface area contributed by atoms with E-state index in [0.29, 0.717) is 30.6 Å². The number of anilines is 1. The van der Waals surface area contributed by atoms with Crippen molar-refractivity contribution in [2.24, 2.45) is 7.05 Å². The van der Waals surface area contributed by atoms with E-state index in [-0.39, 0.29) is 10.7 Å². The fourth-order valence-corrected chi connectivity index (χ4v) is 3.98. The molecule has 0 fully saturated rings. The Morgan fingerprint density at radius 1 is 1.24 bits per heavy atom. The average Bonchev–Trinajstić information content (AvgIpc) is 2.83. The van der Waals surface area contributed by atoms with Gasteiger partial charge in [-0.15, -0.1) is 0 Å². The highest BCUT2D eigenvalue weighted by atomic mass is 32.2. The van der Waals surface area contributed by atoms with Crippen LogP contribution in [0, 0.1) is 0 Å². The Morgan fingerprint density at radius 3 is 2.71 bits per heavy atom. The topological polar surface area (TPSA) is 72.3 Å². The zero-order valence-corrected chi connectivity index (χ0v) is 12.4. The lowest BCUT2D eigenvalue weighted by molar-refractivity contribution is 0.0984. The number of para-hydroxylation sites is 1. The molecule has 3 rings (SSSR count). The van der Waals surface area contributed by atoms with Crippen LogP contribution in [-0.2, 0) is 17.1 Å². The fraction of sp³-hybridized carbons (Fsp3) is 0.286. The number of fused-ring (bicyclic) bond motifs is 1. The summed E-state index contributed by atoms with van der Waals surface area (Å²) >= 11 is 0. The van der Waals surface area contributed by atoms with Crippen molar-refractivity contribution in [3.8, 4) is 0 Å². The minimum absolute atomic E-state index is 0.0190. The minimum Gasteiger partial charge on any atom is -0.294 e. The van der Waals surface area contributed by atoms with Crippen LogP contribution in [-0.4, -0.2) is 30.5 Å². The second-order valence-electron chi connectivity index (χ2n) is 4.97. The van der Waals surface area contributed by atoms with Crippen LogP contribution in [0.4, 0.5) is 5.69 Å². The fourth-order valence-electron chi connectivity index (χ4n) is 2.47. The molecule has 0 unspecified atom stereocenters. The maximum atomic E-state index is 12.8. The molecule has 0 aliphatic carbocycles. The van der Waals surface area contributed by atoms with Crippen molar-refractivity contribution in [1.82, 2.24) is 9.78 Å². The molecule has 0 amide bonds. The van der Waals surface area contributed by atoms with Crippen molar-refractivity contribution in [3.05, 3.63) is 42.2 Å². The first-order valence-corrected chi connectivity index (χ1v) is 8.08. The van der Waals surface area contributed by atoms with Crippen molar-refractivity contribution in [3.63, 3.8) is 0 Å². The number of carbonyl (C=O) groups excluding carboxylic acids is 1. The summed E-state index contributed by atoms with van der Waals surface area (Å²) in [5, 5.41) is 3.92. The van der Waals surface area contributed by atoms with Gasteiger partial charge in [-0.1, -0.05) is 12.1 Å². The molecular weight excluding hydrogens is 290 g/mol. The number of Topliss-reactive ketones (excluding diaryl/α,β-unsaturated/α-hetero) is 1. The third-order valence-corrected chi connectivity index (χ3v) is 5.27. The Kier molecular flexibility index (Phi) is 3.29. The van der Waals surface area contributed by atoms with Crippen molar-refractivity contribution < 1.29 is 13.2 Å². The lowest BCUT2D eigenvalue weighted by Crippen LogP contribution is -2.31. The van der Waals surface area contributed by atoms with E-state index in [1.807, 2.05) is 0 Å². The summed E-state index contributed by atoms with van der Waals surface area (Å²) in [6.07, 6.45) is 3.65. The molecule has 21 heavy (non-hydrogen) atoms. The Morgan fingerprint density at radius 2 is 2.00 bits per heavy atom. The normalized spacial score (nSPS) is 15.7. The van der Waals surface area contributed by atoms with Gasteiger partial charge in [0.2, 0.25) is 0 Å². The van der Waals surface area contributed by atoms with Crippen molar-refractivity contribution in [2.45, 2.75) is 17.7 Å². The molecule has 1 aromatic carbocycles. The maximum absolute atomic E-state index is 12.8. The molecule has 2 heterocycles. The summed E-state index contributed by atoms with van der Waals surface area (Å²) in [5.74, 6) is -0.0190. The zero-order valence-electron chi connectivity index (χ0n) is 11.6. The van der Waals surface area contributed by atoms with E-state index in [1.54, 1.807) is 31.3 Å². The molecule has 7 heteroatoms. The average molecular weight is 305 g/mol. The van der Waals surface area contributed by atoms with Gasteiger partial charge >= 0.3 is 0 Å². The van der Waals surface area contributed by atoms with E-state index in [9.17, 15) is 13.2 Å². The first-order valence-electron chi connectivity index (χ1n) is 6.64. The van der Waals surface area contributed by atoms with Crippen molar-refractivity contribution in [2.75, 3.05) is 10.8 Å². The molecule has 0 saturated heterocycles. The summed E-state index contributed by atoms with van der Waals surface area (Å²) < 4.78 is 28.3. The predicted octanol–water partition coefficient (Wildman–Crippen LogP) is 1.59. The monoisotopic (exact) mass is 305 g/mol. The molecule has 1 aromatic heterocycles. The number of nitrogens with zero attached hydrogens (tertiary/aromatic N) is 3. The quantitative estimate of drug-likeness (QED) is 0.844. The van der Waals surface area contributed by atoms with Crippen molar-refractivity contribution >= 4 is 21.5 Å². The van der Waals surface area contributed by atoms with Crippen molar-refractivity contribution in [1.29, 1.82) is 0 Å². The molecule has 1 aliphatic rings. The van der Waals surface area contributed by atoms with Gasteiger partial charge in [0.1, 0.15) is 4.90 Å². The van der Waals surface area contributed by atoms with E-state index in [2.05, 4.69) is 5.10 Å². The van der Waals surface area contributed by atoms with Crippen LogP contribution in [0.25, 0.3) is 0 Å². The summed E-state index contributed by atoms with van der Waals surface area (Å²) in [6, 6.07) is 6.83. The first-order chi connectivity index (χ1) is 10.00. The lowest BCUT2D eigenvalue weighted by atomic mass is 10.1. The standard InChI is InChI=1S/C14H15N3O3S/c1-16-10-11(9-15-16)21(19,20)17-8-4-7-14(18)12-5-2-3-6-13(12)17/h2-3,5-6,9-10H,4,7-8H2,1H3. The first kappa shape index (κ1) is 13.8. The Hall–Kier alpha value is -2.15. The van der Waals surface area contributed by atoms with Crippen LogP contribution in [0.5, 0.6) is 0 Å². The Labute approximate surface area is 123 Å². The summed E-state index contributed by atoms with van der Waals surface area (Å²) in [5.41, 5.74) is 0.909. The second kappa shape index (κ2) is 5.00. The van der Waals surface area contributed by atoms with Crippen LogP contribution in [0.2, 0.25) is 0 Å². The van der Waals surface area contributed by atoms with Gasteiger partial charge < -0.3 is 0 Å². The van der Waals surface area contributed by atoms with Gasteiger partial charge in [0.25, 0.3) is 10.0 Å². The molecule has 0 atom stereocenters. The smallest absolute Gasteiger partial charge is 0.267 e. The van der Waals surface area contributed by atoms with Crippen LogP contribution in [0.1, 0.15) is 23.2 Å². The molecule has 0 spiro atoms. The highest BCUT2D eigenvalue weighted by Gasteiger charge is 2.31. The number of aromatic nitrogens is 2. The zero-order chi connectivity index (χ0) is 15.0. The molecular formula is C14H15N3O3S. The number of aryl methyl sites for hydroxylation is 1.